The van der Waals surface area contributed by atoms with Gasteiger partial charge in [0.15, 0.2) is 0 Å². The van der Waals surface area contributed by atoms with Crippen molar-refractivity contribution >= 4 is 17.7 Å². The van der Waals surface area contributed by atoms with Gasteiger partial charge in [0, 0.05) is 24.7 Å². The van der Waals surface area contributed by atoms with Gasteiger partial charge in [-0.05, 0) is 44.9 Å². The van der Waals surface area contributed by atoms with Crippen molar-refractivity contribution in [2.24, 2.45) is 0 Å². The molecule has 0 saturated heterocycles. The molecule has 1 aromatic rings. The summed E-state index contributed by atoms with van der Waals surface area (Å²) >= 11 is 0. The van der Waals surface area contributed by atoms with Crippen molar-refractivity contribution in [3.05, 3.63) is 29.6 Å². The van der Waals surface area contributed by atoms with Gasteiger partial charge in [0.1, 0.15) is 5.82 Å². The van der Waals surface area contributed by atoms with Crippen LogP contribution in [0.5, 0.6) is 0 Å². The Labute approximate surface area is 123 Å². The van der Waals surface area contributed by atoms with Crippen molar-refractivity contribution in [3.63, 3.8) is 0 Å². The van der Waals surface area contributed by atoms with Gasteiger partial charge in [-0.2, -0.15) is 0 Å². The standard InChI is InChI=1S/C15H21FN2O3/c1-10(2)18(8-4-5-14(19)20)15(21)17-12-7-6-11(3)13(16)9-12/h6-7,9-10H,4-5,8H2,1-3H3,(H,17,21)(H,19,20). The normalized spacial score (nSPS) is 10.5. The molecule has 6 heteroatoms. The molecular weight excluding hydrogens is 275 g/mol. The van der Waals surface area contributed by atoms with Gasteiger partial charge < -0.3 is 15.3 Å². The molecule has 2 amide bonds. The van der Waals surface area contributed by atoms with Crippen LogP contribution in [0.3, 0.4) is 0 Å². The fraction of sp³-hybridized carbons (Fsp3) is 0.467. The monoisotopic (exact) mass is 296 g/mol. The number of amides is 2. The molecule has 0 saturated carbocycles. The van der Waals surface area contributed by atoms with Crippen LogP contribution in [-0.4, -0.2) is 34.6 Å². The number of aryl methyl sites for hydroxylation is 1. The largest absolute Gasteiger partial charge is 0.481 e. The van der Waals surface area contributed by atoms with E-state index < -0.39 is 5.97 Å². The summed E-state index contributed by atoms with van der Waals surface area (Å²) in [6, 6.07) is 4.05. The molecular formula is C15H21FN2O3. The molecule has 1 rings (SSSR count). The molecule has 0 aliphatic rings. The molecule has 0 aliphatic carbocycles. The molecule has 0 aromatic heterocycles. The van der Waals surface area contributed by atoms with Crippen molar-refractivity contribution in [1.29, 1.82) is 0 Å². The predicted molar refractivity (Wildman–Crippen MR) is 78.9 cm³/mol. The lowest BCUT2D eigenvalue weighted by atomic mass is 10.2. The zero-order valence-electron chi connectivity index (χ0n) is 12.5. The van der Waals surface area contributed by atoms with Crippen molar-refractivity contribution in [2.75, 3.05) is 11.9 Å². The van der Waals surface area contributed by atoms with Gasteiger partial charge in [-0.3, -0.25) is 4.79 Å². The van der Waals surface area contributed by atoms with Crippen LogP contribution >= 0.6 is 0 Å². The number of rotatable bonds is 6. The first-order valence-electron chi connectivity index (χ1n) is 6.87. The molecule has 0 unspecified atom stereocenters. The van der Waals surface area contributed by atoms with Crippen LogP contribution in [0.25, 0.3) is 0 Å². The maximum Gasteiger partial charge on any atom is 0.322 e. The second-order valence-corrected chi connectivity index (χ2v) is 5.18. The van der Waals surface area contributed by atoms with E-state index in [0.29, 0.717) is 24.2 Å². The lowest BCUT2D eigenvalue weighted by molar-refractivity contribution is -0.137. The Morgan fingerprint density at radius 2 is 2.05 bits per heavy atom. The first-order valence-corrected chi connectivity index (χ1v) is 6.87. The zero-order valence-corrected chi connectivity index (χ0v) is 12.5. The van der Waals surface area contributed by atoms with Gasteiger partial charge in [0.2, 0.25) is 0 Å². The fourth-order valence-corrected chi connectivity index (χ4v) is 1.86. The molecule has 116 valence electrons. The first kappa shape index (κ1) is 16.9. The number of carboxylic acid groups (broad SMARTS) is 1. The minimum Gasteiger partial charge on any atom is -0.481 e. The van der Waals surface area contributed by atoms with E-state index >= 15 is 0 Å². The van der Waals surface area contributed by atoms with E-state index in [9.17, 15) is 14.0 Å². The average molecular weight is 296 g/mol. The Hall–Kier alpha value is -2.11. The Balaban J connectivity index is 2.67. The Morgan fingerprint density at radius 3 is 2.57 bits per heavy atom. The molecule has 0 spiro atoms. The summed E-state index contributed by atoms with van der Waals surface area (Å²) in [5.74, 6) is -1.27. The third-order valence-electron chi connectivity index (χ3n) is 3.10. The number of carbonyl (C=O) groups is 2. The number of hydrogen-bond donors (Lipinski definition) is 2. The van der Waals surface area contributed by atoms with Gasteiger partial charge in [0.25, 0.3) is 0 Å². The van der Waals surface area contributed by atoms with E-state index in [1.165, 1.54) is 11.0 Å². The van der Waals surface area contributed by atoms with Crippen molar-refractivity contribution in [2.45, 2.75) is 39.7 Å². The molecule has 1 aromatic carbocycles. The quantitative estimate of drug-likeness (QED) is 0.846. The Morgan fingerprint density at radius 1 is 1.38 bits per heavy atom. The highest BCUT2D eigenvalue weighted by Gasteiger charge is 2.17. The average Bonchev–Trinajstić information content (AvgIpc) is 2.38. The summed E-state index contributed by atoms with van der Waals surface area (Å²) in [7, 11) is 0. The summed E-state index contributed by atoms with van der Waals surface area (Å²) < 4.78 is 13.5. The number of urea groups is 1. The summed E-state index contributed by atoms with van der Waals surface area (Å²) in [6.07, 6.45) is 0.388. The van der Waals surface area contributed by atoms with Crippen molar-refractivity contribution in [3.8, 4) is 0 Å². The minimum absolute atomic E-state index is 0.00958. The molecule has 0 bridgehead atoms. The molecule has 2 N–H and O–H groups in total. The van der Waals surface area contributed by atoms with Crippen LogP contribution in [0, 0.1) is 12.7 Å². The third-order valence-corrected chi connectivity index (χ3v) is 3.10. The number of carboxylic acids is 1. The number of benzene rings is 1. The van der Waals surface area contributed by atoms with E-state index in [2.05, 4.69) is 5.32 Å². The van der Waals surface area contributed by atoms with Crippen LogP contribution in [-0.2, 0) is 4.79 Å². The van der Waals surface area contributed by atoms with Crippen LogP contribution in [0.15, 0.2) is 18.2 Å². The summed E-state index contributed by atoms with van der Waals surface area (Å²) in [5, 5.41) is 11.3. The number of nitrogens with zero attached hydrogens (tertiary/aromatic N) is 1. The van der Waals surface area contributed by atoms with E-state index in [1.807, 2.05) is 13.8 Å². The zero-order chi connectivity index (χ0) is 16.0. The number of nitrogens with one attached hydrogen (secondary N) is 1. The number of carbonyl (C=O) groups excluding carboxylic acids is 1. The van der Waals surface area contributed by atoms with Gasteiger partial charge in [-0.1, -0.05) is 6.07 Å². The lowest BCUT2D eigenvalue weighted by Gasteiger charge is -2.26. The number of hydrogen-bond acceptors (Lipinski definition) is 2. The van der Waals surface area contributed by atoms with E-state index in [1.54, 1.807) is 19.1 Å². The number of aliphatic carboxylic acids is 1. The smallest absolute Gasteiger partial charge is 0.322 e. The second kappa shape index (κ2) is 7.61. The number of halogens is 1. The molecule has 0 fully saturated rings. The molecule has 0 atom stereocenters. The van der Waals surface area contributed by atoms with E-state index in [4.69, 9.17) is 5.11 Å². The second-order valence-electron chi connectivity index (χ2n) is 5.18. The molecule has 0 radical (unpaired) electrons. The van der Waals surface area contributed by atoms with E-state index in [-0.39, 0.29) is 24.3 Å². The maximum absolute atomic E-state index is 13.5. The molecule has 21 heavy (non-hydrogen) atoms. The number of anilines is 1. The SMILES string of the molecule is Cc1ccc(NC(=O)N(CCCC(=O)O)C(C)C)cc1F. The van der Waals surface area contributed by atoms with Crippen molar-refractivity contribution in [1.82, 2.24) is 4.90 Å². The molecule has 0 heterocycles. The third kappa shape index (κ3) is 5.41. The van der Waals surface area contributed by atoms with E-state index in [0.717, 1.165) is 0 Å². The topological polar surface area (TPSA) is 69.6 Å². The minimum atomic E-state index is -0.889. The maximum atomic E-state index is 13.5. The van der Waals surface area contributed by atoms with Crippen LogP contribution in [0.2, 0.25) is 0 Å². The van der Waals surface area contributed by atoms with Crippen LogP contribution < -0.4 is 5.32 Å². The van der Waals surface area contributed by atoms with Gasteiger partial charge in [-0.15, -0.1) is 0 Å². The summed E-state index contributed by atoms with van der Waals surface area (Å²) in [5.41, 5.74) is 0.891. The highest BCUT2D eigenvalue weighted by atomic mass is 19.1. The van der Waals surface area contributed by atoms with Gasteiger partial charge in [-0.25, -0.2) is 9.18 Å². The van der Waals surface area contributed by atoms with Gasteiger partial charge >= 0.3 is 12.0 Å². The molecule has 5 nitrogen and oxygen atoms in total. The Bertz CT molecular complexity index is 518. The van der Waals surface area contributed by atoms with Crippen LogP contribution in [0.1, 0.15) is 32.3 Å². The van der Waals surface area contributed by atoms with Crippen LogP contribution in [0.4, 0.5) is 14.9 Å². The van der Waals surface area contributed by atoms with Crippen molar-refractivity contribution < 1.29 is 19.1 Å². The molecule has 0 aliphatic heterocycles. The lowest BCUT2D eigenvalue weighted by Crippen LogP contribution is -2.40. The first-order chi connectivity index (χ1) is 9.81. The summed E-state index contributed by atoms with van der Waals surface area (Å²) in [6.45, 7) is 5.67. The Kier molecular flexibility index (Phi) is 6.14. The predicted octanol–water partition coefficient (Wildman–Crippen LogP) is 3.24. The fourth-order valence-electron chi connectivity index (χ4n) is 1.86. The summed E-state index contributed by atoms with van der Waals surface area (Å²) in [4.78, 5) is 24.2. The highest BCUT2D eigenvalue weighted by Crippen LogP contribution is 2.15. The van der Waals surface area contributed by atoms with Gasteiger partial charge in [0.05, 0.1) is 0 Å². The highest BCUT2D eigenvalue weighted by molar-refractivity contribution is 5.89.